The Balaban J connectivity index is 0.00000288. The Hall–Kier alpha value is -0.600. The first-order valence-electron chi connectivity index (χ1n) is 8.60. The summed E-state index contributed by atoms with van der Waals surface area (Å²) in [6, 6.07) is -0.0962. The minimum absolute atomic E-state index is 0. The SMILES string of the molecule is COC(CN)CC(=O)N1CCN(C(C)C(=O)N2CCCC2)CC1.Cl.Cl. The van der Waals surface area contributed by atoms with E-state index in [1.165, 1.54) is 0 Å². The Bertz CT molecular complexity index is 410. The first kappa shape index (κ1) is 24.4. The van der Waals surface area contributed by atoms with E-state index in [0.29, 0.717) is 26.1 Å². The molecule has 2 atom stereocenters. The van der Waals surface area contributed by atoms with Crippen LogP contribution in [0.15, 0.2) is 0 Å². The first-order chi connectivity index (χ1) is 11.1. The summed E-state index contributed by atoms with van der Waals surface area (Å²) in [6.45, 7) is 6.92. The van der Waals surface area contributed by atoms with E-state index in [0.717, 1.165) is 39.0 Å². The fourth-order valence-electron chi connectivity index (χ4n) is 3.30. The molecular weight excluding hydrogens is 367 g/mol. The van der Waals surface area contributed by atoms with Crippen LogP contribution in [-0.2, 0) is 14.3 Å². The third-order valence-corrected chi connectivity index (χ3v) is 4.99. The number of nitrogens with zero attached hydrogens (tertiary/aromatic N) is 3. The molecule has 2 aliphatic rings. The van der Waals surface area contributed by atoms with Crippen molar-refractivity contribution in [1.29, 1.82) is 0 Å². The van der Waals surface area contributed by atoms with Gasteiger partial charge in [0.05, 0.1) is 18.6 Å². The maximum Gasteiger partial charge on any atom is 0.239 e. The van der Waals surface area contributed by atoms with Gasteiger partial charge in [-0.15, -0.1) is 24.8 Å². The number of halogens is 2. The Morgan fingerprint density at radius 3 is 2.04 bits per heavy atom. The van der Waals surface area contributed by atoms with Gasteiger partial charge >= 0.3 is 0 Å². The van der Waals surface area contributed by atoms with Gasteiger partial charge in [0.2, 0.25) is 11.8 Å². The van der Waals surface area contributed by atoms with Gasteiger partial charge in [-0.1, -0.05) is 0 Å². The Labute approximate surface area is 163 Å². The van der Waals surface area contributed by atoms with Gasteiger partial charge in [0.25, 0.3) is 0 Å². The molecule has 9 heteroatoms. The number of carbonyl (C=O) groups excluding carboxylic acids is 2. The number of piperazine rings is 1. The molecule has 0 aromatic heterocycles. The number of amides is 2. The van der Waals surface area contributed by atoms with Crippen molar-refractivity contribution in [3.63, 3.8) is 0 Å². The topological polar surface area (TPSA) is 79.1 Å². The van der Waals surface area contributed by atoms with Gasteiger partial charge < -0.3 is 20.3 Å². The normalized spacial score (nSPS) is 20.4. The third-order valence-electron chi connectivity index (χ3n) is 4.99. The van der Waals surface area contributed by atoms with Crippen LogP contribution in [0.3, 0.4) is 0 Å². The predicted molar refractivity (Wildman–Crippen MR) is 102 cm³/mol. The maximum absolute atomic E-state index is 12.5. The molecule has 2 unspecified atom stereocenters. The highest BCUT2D eigenvalue weighted by molar-refractivity contribution is 5.85. The molecule has 2 heterocycles. The van der Waals surface area contributed by atoms with Gasteiger partial charge in [0.1, 0.15) is 0 Å². The number of ether oxygens (including phenoxy) is 1. The van der Waals surface area contributed by atoms with E-state index >= 15 is 0 Å². The standard InChI is InChI=1S/C16H30N4O3.2ClH/c1-13(16(22)20-5-3-4-6-20)18-7-9-19(10-8-18)15(21)11-14(12-17)23-2;;/h13-14H,3-12,17H2,1-2H3;2*1H. The predicted octanol–water partition coefficient (Wildman–Crippen LogP) is 0.349. The number of rotatable bonds is 6. The van der Waals surface area contributed by atoms with Gasteiger partial charge in [-0.2, -0.15) is 0 Å². The van der Waals surface area contributed by atoms with Crippen molar-refractivity contribution in [2.45, 2.75) is 38.3 Å². The van der Waals surface area contributed by atoms with Crippen LogP contribution in [0.5, 0.6) is 0 Å². The first-order valence-corrected chi connectivity index (χ1v) is 8.60. The molecule has 0 aliphatic carbocycles. The van der Waals surface area contributed by atoms with Gasteiger partial charge in [-0.3, -0.25) is 14.5 Å². The summed E-state index contributed by atoms with van der Waals surface area (Å²) < 4.78 is 5.18. The number of methoxy groups -OCH3 is 1. The van der Waals surface area contributed by atoms with Crippen LogP contribution in [0.1, 0.15) is 26.2 Å². The zero-order chi connectivity index (χ0) is 16.8. The highest BCUT2D eigenvalue weighted by atomic mass is 35.5. The van der Waals surface area contributed by atoms with Crippen LogP contribution in [-0.4, -0.2) is 91.6 Å². The van der Waals surface area contributed by atoms with Crippen molar-refractivity contribution in [1.82, 2.24) is 14.7 Å². The summed E-state index contributed by atoms with van der Waals surface area (Å²) in [5, 5.41) is 0. The molecule has 0 radical (unpaired) electrons. The molecule has 2 N–H and O–H groups in total. The fraction of sp³-hybridized carbons (Fsp3) is 0.875. The number of nitrogens with two attached hydrogens (primary N) is 1. The summed E-state index contributed by atoms with van der Waals surface area (Å²) in [6.07, 6.45) is 2.34. The molecule has 0 aromatic carbocycles. The Morgan fingerprint density at radius 1 is 1.00 bits per heavy atom. The van der Waals surface area contributed by atoms with E-state index in [4.69, 9.17) is 10.5 Å². The summed E-state index contributed by atoms with van der Waals surface area (Å²) in [4.78, 5) is 30.7. The zero-order valence-electron chi connectivity index (χ0n) is 15.2. The lowest BCUT2D eigenvalue weighted by atomic mass is 10.1. The van der Waals surface area contributed by atoms with Crippen LogP contribution in [0.4, 0.5) is 0 Å². The minimum atomic E-state index is -0.212. The lowest BCUT2D eigenvalue weighted by Crippen LogP contribution is -2.55. The van der Waals surface area contributed by atoms with E-state index in [2.05, 4.69) is 4.90 Å². The molecule has 0 bridgehead atoms. The van der Waals surface area contributed by atoms with Gasteiger partial charge in [0.15, 0.2) is 0 Å². The molecular formula is C16H32Cl2N4O3. The second-order valence-electron chi connectivity index (χ2n) is 6.42. The van der Waals surface area contributed by atoms with Crippen LogP contribution in [0.25, 0.3) is 0 Å². The quantitative estimate of drug-likeness (QED) is 0.697. The van der Waals surface area contributed by atoms with Crippen LogP contribution in [0.2, 0.25) is 0 Å². The largest absolute Gasteiger partial charge is 0.380 e. The molecule has 2 amide bonds. The van der Waals surface area contributed by atoms with Crippen LogP contribution < -0.4 is 5.73 Å². The monoisotopic (exact) mass is 398 g/mol. The van der Waals surface area contributed by atoms with Gasteiger partial charge in [-0.05, 0) is 19.8 Å². The summed E-state index contributed by atoms with van der Waals surface area (Å²) in [7, 11) is 1.58. The summed E-state index contributed by atoms with van der Waals surface area (Å²) in [5.74, 6) is 0.310. The van der Waals surface area contributed by atoms with Crippen molar-refractivity contribution >= 4 is 36.6 Å². The van der Waals surface area contributed by atoms with E-state index in [-0.39, 0.29) is 48.8 Å². The van der Waals surface area contributed by atoms with E-state index in [1.54, 1.807) is 7.11 Å². The second kappa shape index (κ2) is 11.9. The van der Waals surface area contributed by atoms with Crippen molar-refractivity contribution in [3.05, 3.63) is 0 Å². The average Bonchev–Trinajstić information content (AvgIpc) is 3.12. The summed E-state index contributed by atoms with van der Waals surface area (Å²) >= 11 is 0. The number of carbonyl (C=O) groups is 2. The number of likely N-dealkylation sites (tertiary alicyclic amines) is 1. The Kier molecular flexibility index (Phi) is 11.6. The lowest BCUT2D eigenvalue weighted by Gasteiger charge is -2.38. The van der Waals surface area contributed by atoms with E-state index in [1.807, 2.05) is 16.7 Å². The molecule has 2 saturated heterocycles. The molecule has 0 aromatic rings. The molecule has 0 spiro atoms. The van der Waals surface area contributed by atoms with E-state index in [9.17, 15) is 9.59 Å². The minimum Gasteiger partial charge on any atom is -0.380 e. The lowest BCUT2D eigenvalue weighted by molar-refractivity contribution is -0.138. The molecule has 2 fully saturated rings. The number of hydrogen-bond acceptors (Lipinski definition) is 5. The average molecular weight is 399 g/mol. The van der Waals surface area contributed by atoms with Gasteiger partial charge in [0, 0.05) is 52.9 Å². The molecule has 25 heavy (non-hydrogen) atoms. The molecule has 2 aliphatic heterocycles. The van der Waals surface area contributed by atoms with Crippen LogP contribution in [0, 0.1) is 0 Å². The molecule has 148 valence electrons. The fourth-order valence-corrected chi connectivity index (χ4v) is 3.30. The molecule has 2 rings (SSSR count). The van der Waals surface area contributed by atoms with Crippen LogP contribution >= 0.6 is 24.8 Å². The molecule has 0 saturated carbocycles. The second-order valence-corrected chi connectivity index (χ2v) is 6.42. The van der Waals surface area contributed by atoms with Crippen molar-refractivity contribution < 1.29 is 14.3 Å². The maximum atomic E-state index is 12.5. The smallest absolute Gasteiger partial charge is 0.239 e. The zero-order valence-corrected chi connectivity index (χ0v) is 16.8. The van der Waals surface area contributed by atoms with E-state index < -0.39 is 0 Å². The summed E-state index contributed by atoms with van der Waals surface area (Å²) in [5.41, 5.74) is 5.57. The van der Waals surface area contributed by atoms with Crippen molar-refractivity contribution in [2.24, 2.45) is 5.73 Å². The third kappa shape index (κ3) is 6.57. The highest BCUT2D eigenvalue weighted by Crippen LogP contribution is 2.14. The van der Waals surface area contributed by atoms with Crippen molar-refractivity contribution in [2.75, 3.05) is 52.9 Å². The van der Waals surface area contributed by atoms with Crippen molar-refractivity contribution in [3.8, 4) is 0 Å². The molecule has 7 nitrogen and oxygen atoms in total. The Morgan fingerprint density at radius 2 is 1.56 bits per heavy atom. The highest BCUT2D eigenvalue weighted by Gasteiger charge is 2.31. The van der Waals surface area contributed by atoms with Gasteiger partial charge in [-0.25, -0.2) is 0 Å². The number of hydrogen-bond donors (Lipinski definition) is 1.